The van der Waals surface area contributed by atoms with E-state index in [1.807, 2.05) is 19.1 Å². The number of carbonyl (C=O) groups is 1. The van der Waals surface area contributed by atoms with Crippen molar-refractivity contribution in [3.8, 4) is 5.75 Å². The molecule has 0 saturated carbocycles. The number of amides is 2. The number of nitrogens with one attached hydrogen (secondary N) is 2. The maximum Gasteiger partial charge on any atom is 0.319 e. The molecular weight excluding hydrogens is 407 g/mol. The second kappa shape index (κ2) is 10.6. The van der Waals surface area contributed by atoms with Crippen LogP contribution in [0.25, 0.3) is 0 Å². The lowest BCUT2D eigenvalue weighted by molar-refractivity contribution is 0.108. The van der Waals surface area contributed by atoms with Crippen LogP contribution < -0.4 is 15.4 Å². The first-order chi connectivity index (χ1) is 14.5. The third-order valence-corrected chi connectivity index (χ3v) is 4.82. The number of rotatable bonds is 8. The molecule has 0 aliphatic carbocycles. The molecule has 2 amide bonds. The predicted octanol–water partition coefficient (Wildman–Crippen LogP) is 3.64. The molecule has 1 atom stereocenters. The third-order valence-electron chi connectivity index (χ3n) is 3.93. The minimum absolute atomic E-state index is 0.0144. The van der Waals surface area contributed by atoms with Gasteiger partial charge < -0.3 is 20.5 Å². The largest absolute Gasteiger partial charge is 0.491 e. The summed E-state index contributed by atoms with van der Waals surface area (Å²) in [5.74, 6) is -0.108. The molecule has 2 aromatic carbocycles. The Morgan fingerprint density at radius 3 is 2.73 bits per heavy atom. The first kappa shape index (κ1) is 21.5. The lowest BCUT2D eigenvalue weighted by Gasteiger charge is -2.15. The van der Waals surface area contributed by atoms with Crippen LogP contribution in [-0.2, 0) is 0 Å². The number of anilines is 1. The molecule has 3 aromatic rings. The number of benzene rings is 2. The van der Waals surface area contributed by atoms with Crippen LogP contribution in [0.5, 0.6) is 5.75 Å². The Kier molecular flexibility index (Phi) is 7.58. The fourth-order valence-electron chi connectivity index (χ4n) is 2.47. The average Bonchev–Trinajstić information content (AvgIpc) is 2.73. The molecule has 3 rings (SSSR count). The number of urea groups is 1. The number of hydrogen-bond acceptors (Lipinski definition) is 6. The Balaban J connectivity index is 1.45. The number of hydrogen-bond donors (Lipinski definition) is 3. The van der Waals surface area contributed by atoms with Crippen LogP contribution in [0.3, 0.4) is 0 Å². The fraction of sp³-hybridized carbons (Fsp3) is 0.190. The summed E-state index contributed by atoms with van der Waals surface area (Å²) in [5, 5.41) is 15.9. The van der Waals surface area contributed by atoms with E-state index >= 15 is 0 Å². The van der Waals surface area contributed by atoms with Crippen molar-refractivity contribution in [2.45, 2.75) is 23.1 Å². The average molecular weight is 428 g/mol. The summed E-state index contributed by atoms with van der Waals surface area (Å²) in [7, 11) is 0. The quantitative estimate of drug-likeness (QED) is 0.474. The van der Waals surface area contributed by atoms with Gasteiger partial charge in [0.25, 0.3) is 0 Å². The molecule has 0 bridgehead atoms. The molecule has 156 valence electrons. The Morgan fingerprint density at radius 1 is 1.20 bits per heavy atom. The number of aliphatic hydroxyl groups is 1. The van der Waals surface area contributed by atoms with E-state index in [1.54, 1.807) is 30.6 Å². The molecule has 3 N–H and O–H groups in total. The highest BCUT2D eigenvalue weighted by Gasteiger charge is 2.10. The number of halogens is 1. The number of carbonyl (C=O) groups excluding carboxylic acids is 1. The van der Waals surface area contributed by atoms with E-state index in [-0.39, 0.29) is 13.2 Å². The molecule has 7 nitrogen and oxygen atoms in total. The van der Waals surface area contributed by atoms with Gasteiger partial charge in [-0.2, -0.15) is 0 Å². The topological polar surface area (TPSA) is 96.4 Å². The Morgan fingerprint density at radius 2 is 2.00 bits per heavy atom. The van der Waals surface area contributed by atoms with E-state index in [2.05, 4.69) is 20.6 Å². The summed E-state index contributed by atoms with van der Waals surface area (Å²) in [5.41, 5.74) is 1.53. The Bertz CT molecular complexity index is 991. The van der Waals surface area contributed by atoms with Crippen molar-refractivity contribution >= 4 is 23.5 Å². The van der Waals surface area contributed by atoms with Crippen molar-refractivity contribution in [2.24, 2.45) is 0 Å². The summed E-state index contributed by atoms with van der Waals surface area (Å²) in [6, 6.07) is 12.5. The van der Waals surface area contributed by atoms with Gasteiger partial charge in [-0.1, -0.05) is 6.07 Å². The van der Waals surface area contributed by atoms with Crippen molar-refractivity contribution < 1.29 is 19.0 Å². The van der Waals surface area contributed by atoms with Crippen molar-refractivity contribution in [3.05, 3.63) is 72.3 Å². The number of nitrogens with zero attached hydrogens (tertiary/aromatic N) is 2. The SMILES string of the molecule is Cc1cc(Sc2ncccn2)ccc1NC(=O)NCC(O)COc1cccc(F)c1. The number of aryl methyl sites for hydroxylation is 1. The van der Waals surface area contributed by atoms with Gasteiger partial charge in [0.2, 0.25) is 0 Å². The van der Waals surface area contributed by atoms with E-state index in [4.69, 9.17) is 4.74 Å². The van der Waals surface area contributed by atoms with E-state index in [0.29, 0.717) is 16.6 Å². The van der Waals surface area contributed by atoms with E-state index in [9.17, 15) is 14.3 Å². The van der Waals surface area contributed by atoms with Crippen molar-refractivity contribution in [1.82, 2.24) is 15.3 Å². The van der Waals surface area contributed by atoms with E-state index in [0.717, 1.165) is 10.5 Å². The normalized spacial score (nSPS) is 11.6. The zero-order valence-electron chi connectivity index (χ0n) is 16.2. The van der Waals surface area contributed by atoms with Gasteiger partial charge >= 0.3 is 6.03 Å². The maximum absolute atomic E-state index is 13.1. The summed E-state index contributed by atoms with van der Waals surface area (Å²) in [6.45, 7) is 1.79. The molecule has 9 heteroatoms. The molecule has 0 aliphatic rings. The Hall–Kier alpha value is -3.17. The number of ether oxygens (including phenoxy) is 1. The summed E-state index contributed by atoms with van der Waals surface area (Å²) >= 11 is 1.43. The second-order valence-corrected chi connectivity index (χ2v) is 7.41. The predicted molar refractivity (Wildman–Crippen MR) is 112 cm³/mol. The van der Waals surface area contributed by atoms with Crippen LogP contribution in [0, 0.1) is 12.7 Å². The first-order valence-corrected chi connectivity index (χ1v) is 9.98. The maximum atomic E-state index is 13.1. The summed E-state index contributed by atoms with van der Waals surface area (Å²) < 4.78 is 18.4. The minimum atomic E-state index is -0.940. The van der Waals surface area contributed by atoms with Gasteiger partial charge in [-0.25, -0.2) is 19.2 Å². The van der Waals surface area contributed by atoms with Crippen LogP contribution in [0.15, 0.2) is 71.0 Å². The van der Waals surface area contributed by atoms with Crippen molar-refractivity contribution in [3.63, 3.8) is 0 Å². The van der Waals surface area contributed by atoms with Crippen LogP contribution in [0.1, 0.15) is 5.56 Å². The van der Waals surface area contributed by atoms with Gasteiger partial charge in [0.1, 0.15) is 24.3 Å². The highest BCUT2D eigenvalue weighted by molar-refractivity contribution is 7.99. The summed E-state index contributed by atoms with van der Waals surface area (Å²) in [6.07, 6.45) is 2.42. The first-order valence-electron chi connectivity index (χ1n) is 9.16. The highest BCUT2D eigenvalue weighted by atomic mass is 32.2. The van der Waals surface area contributed by atoms with Crippen LogP contribution in [0.2, 0.25) is 0 Å². The van der Waals surface area contributed by atoms with Gasteiger partial charge in [-0.05, 0) is 60.6 Å². The zero-order valence-corrected chi connectivity index (χ0v) is 17.0. The van der Waals surface area contributed by atoms with Crippen LogP contribution in [-0.4, -0.2) is 40.4 Å². The lowest BCUT2D eigenvalue weighted by atomic mass is 10.2. The van der Waals surface area contributed by atoms with E-state index in [1.165, 1.54) is 30.0 Å². The Labute approximate surface area is 177 Å². The van der Waals surface area contributed by atoms with E-state index < -0.39 is 18.0 Å². The second-order valence-electron chi connectivity index (χ2n) is 6.37. The molecule has 0 saturated heterocycles. The summed E-state index contributed by atoms with van der Waals surface area (Å²) in [4.78, 5) is 21.4. The molecule has 0 spiro atoms. The molecule has 30 heavy (non-hydrogen) atoms. The van der Waals surface area contributed by atoms with Crippen LogP contribution in [0.4, 0.5) is 14.9 Å². The van der Waals surface area contributed by atoms with Gasteiger partial charge in [0.05, 0.1) is 0 Å². The molecule has 0 radical (unpaired) electrons. The van der Waals surface area contributed by atoms with Crippen molar-refractivity contribution in [1.29, 1.82) is 0 Å². The van der Waals surface area contributed by atoms with Gasteiger partial charge in [0.15, 0.2) is 5.16 Å². The fourth-order valence-corrected chi connectivity index (χ4v) is 3.28. The number of aromatic nitrogens is 2. The third kappa shape index (κ3) is 6.71. The standard InChI is InChI=1S/C21H21FN4O3S/c1-14-10-18(30-21-23-8-3-9-24-21)6-7-19(14)26-20(28)25-12-16(27)13-29-17-5-2-4-15(22)11-17/h2-11,16,27H,12-13H2,1H3,(H2,25,26,28). The molecule has 0 fully saturated rings. The molecule has 1 unspecified atom stereocenters. The highest BCUT2D eigenvalue weighted by Crippen LogP contribution is 2.27. The molecule has 1 heterocycles. The monoisotopic (exact) mass is 428 g/mol. The molecule has 0 aliphatic heterocycles. The molecular formula is C21H21FN4O3S. The number of aliphatic hydroxyl groups excluding tert-OH is 1. The smallest absolute Gasteiger partial charge is 0.319 e. The van der Waals surface area contributed by atoms with Gasteiger partial charge in [-0.15, -0.1) is 0 Å². The van der Waals surface area contributed by atoms with Crippen molar-refractivity contribution in [2.75, 3.05) is 18.5 Å². The van der Waals surface area contributed by atoms with Crippen LogP contribution >= 0.6 is 11.8 Å². The minimum Gasteiger partial charge on any atom is -0.491 e. The lowest BCUT2D eigenvalue weighted by Crippen LogP contribution is -2.37. The van der Waals surface area contributed by atoms with Gasteiger partial charge in [0, 0.05) is 35.6 Å². The van der Waals surface area contributed by atoms with Gasteiger partial charge in [-0.3, -0.25) is 0 Å². The molecule has 1 aromatic heterocycles. The zero-order chi connectivity index (χ0) is 21.3.